The zero-order valence-corrected chi connectivity index (χ0v) is 17.8. The van der Waals surface area contributed by atoms with Crippen molar-refractivity contribution in [2.75, 3.05) is 17.2 Å². The summed E-state index contributed by atoms with van der Waals surface area (Å²) < 4.78 is 18.3. The average molecular weight is 469 g/mol. The Morgan fingerprint density at radius 1 is 0.909 bits per heavy atom. The van der Waals surface area contributed by atoms with Crippen LogP contribution in [0.1, 0.15) is 5.56 Å². The number of carbonyl (C=O) groups excluding carboxylic acids is 3. The van der Waals surface area contributed by atoms with E-state index >= 15 is 0 Å². The predicted molar refractivity (Wildman–Crippen MR) is 123 cm³/mol. The molecule has 0 aliphatic heterocycles. The van der Waals surface area contributed by atoms with Crippen molar-refractivity contribution in [3.63, 3.8) is 0 Å². The molecule has 3 aromatic carbocycles. The van der Waals surface area contributed by atoms with Crippen LogP contribution in [0.15, 0.2) is 77.9 Å². The Morgan fingerprint density at radius 2 is 1.61 bits per heavy atom. The zero-order valence-electron chi connectivity index (χ0n) is 17.0. The topological polar surface area (TPSA) is 109 Å². The van der Waals surface area contributed by atoms with Crippen molar-refractivity contribution in [2.45, 2.75) is 0 Å². The molecule has 8 nitrogen and oxygen atoms in total. The Labute approximate surface area is 193 Å². The highest BCUT2D eigenvalue weighted by atomic mass is 35.5. The van der Waals surface area contributed by atoms with Gasteiger partial charge in [-0.3, -0.25) is 14.4 Å². The summed E-state index contributed by atoms with van der Waals surface area (Å²) in [4.78, 5) is 35.6. The van der Waals surface area contributed by atoms with E-state index in [0.717, 1.165) is 12.1 Å². The van der Waals surface area contributed by atoms with E-state index in [1.54, 1.807) is 36.4 Å². The number of halogens is 2. The number of hydrazone groups is 1. The summed E-state index contributed by atoms with van der Waals surface area (Å²) in [6.07, 6.45) is 1.28. The number of ether oxygens (including phenoxy) is 1. The third-order valence-corrected chi connectivity index (χ3v) is 4.36. The van der Waals surface area contributed by atoms with Crippen LogP contribution >= 0.6 is 11.6 Å². The van der Waals surface area contributed by atoms with Gasteiger partial charge in [-0.2, -0.15) is 5.10 Å². The minimum Gasteiger partial charge on any atom is -0.482 e. The normalized spacial score (nSPS) is 10.5. The van der Waals surface area contributed by atoms with Gasteiger partial charge >= 0.3 is 11.8 Å². The number of benzene rings is 3. The first kappa shape index (κ1) is 23.4. The van der Waals surface area contributed by atoms with E-state index < -0.39 is 17.6 Å². The van der Waals surface area contributed by atoms with Crippen molar-refractivity contribution in [1.82, 2.24) is 5.43 Å². The summed E-state index contributed by atoms with van der Waals surface area (Å²) in [5.41, 5.74) is 3.51. The molecule has 10 heteroatoms. The molecule has 0 atom stereocenters. The molecule has 0 spiro atoms. The monoisotopic (exact) mass is 468 g/mol. The van der Waals surface area contributed by atoms with Crippen LogP contribution in [-0.4, -0.2) is 30.5 Å². The first-order valence-corrected chi connectivity index (χ1v) is 9.96. The number of rotatable bonds is 7. The number of carbonyl (C=O) groups is 3. The largest absolute Gasteiger partial charge is 0.482 e. The molecule has 0 radical (unpaired) electrons. The van der Waals surface area contributed by atoms with Crippen LogP contribution in [0.25, 0.3) is 0 Å². The first-order chi connectivity index (χ1) is 15.9. The molecule has 0 heterocycles. The second-order valence-electron chi connectivity index (χ2n) is 6.55. The molecule has 3 amide bonds. The summed E-state index contributed by atoms with van der Waals surface area (Å²) in [6, 6.07) is 18.5. The third kappa shape index (κ3) is 7.44. The minimum atomic E-state index is -1.01. The van der Waals surface area contributed by atoms with Gasteiger partial charge in [-0.05, 0) is 60.2 Å². The standard InChI is InChI=1S/C23H18ClFN4O4/c24-19-12-15(6-11-20(19)33-14-21(30)27-17-4-2-1-3-5-17)13-26-29-23(32)22(31)28-18-9-7-16(25)8-10-18/h1-13H,14H2,(H,27,30)(H,28,31)(H,29,32)/b26-13-. The molecule has 0 aliphatic rings. The van der Waals surface area contributed by atoms with Gasteiger partial charge in [-0.15, -0.1) is 0 Å². The quantitative estimate of drug-likeness (QED) is 0.280. The highest BCUT2D eigenvalue weighted by Crippen LogP contribution is 2.25. The van der Waals surface area contributed by atoms with Crippen molar-refractivity contribution in [2.24, 2.45) is 5.10 Å². The van der Waals surface area contributed by atoms with Gasteiger partial charge in [0.05, 0.1) is 11.2 Å². The van der Waals surface area contributed by atoms with Crippen molar-refractivity contribution >= 4 is 46.9 Å². The fourth-order valence-corrected chi connectivity index (χ4v) is 2.76. The minimum absolute atomic E-state index is 0.229. The molecule has 0 bridgehead atoms. The van der Waals surface area contributed by atoms with Crippen LogP contribution < -0.4 is 20.8 Å². The van der Waals surface area contributed by atoms with Crippen LogP contribution in [-0.2, 0) is 14.4 Å². The Kier molecular flexibility index (Phi) is 8.09. The number of amides is 3. The molecular weight excluding hydrogens is 451 g/mol. The zero-order chi connectivity index (χ0) is 23.6. The molecule has 0 fully saturated rings. The lowest BCUT2D eigenvalue weighted by Gasteiger charge is -2.09. The Morgan fingerprint density at radius 3 is 2.30 bits per heavy atom. The average Bonchev–Trinajstić information content (AvgIpc) is 2.80. The van der Waals surface area contributed by atoms with Gasteiger partial charge in [0, 0.05) is 11.4 Å². The van der Waals surface area contributed by atoms with Crippen LogP contribution in [0, 0.1) is 5.82 Å². The molecule has 0 aromatic heterocycles. The van der Waals surface area contributed by atoms with Crippen LogP contribution in [0.2, 0.25) is 5.02 Å². The van der Waals surface area contributed by atoms with Gasteiger partial charge < -0.3 is 15.4 Å². The van der Waals surface area contributed by atoms with Gasteiger partial charge in [0.2, 0.25) is 0 Å². The predicted octanol–water partition coefficient (Wildman–Crippen LogP) is 3.59. The van der Waals surface area contributed by atoms with E-state index in [1.165, 1.54) is 24.4 Å². The molecule has 168 valence electrons. The maximum absolute atomic E-state index is 12.9. The molecule has 3 N–H and O–H groups in total. The van der Waals surface area contributed by atoms with E-state index in [0.29, 0.717) is 17.0 Å². The summed E-state index contributed by atoms with van der Waals surface area (Å²) in [5, 5.41) is 8.93. The summed E-state index contributed by atoms with van der Waals surface area (Å²) in [7, 11) is 0. The molecule has 3 aromatic rings. The number of nitrogens with zero attached hydrogens (tertiary/aromatic N) is 1. The van der Waals surface area contributed by atoms with Gasteiger partial charge in [0.25, 0.3) is 5.91 Å². The van der Waals surface area contributed by atoms with E-state index in [4.69, 9.17) is 16.3 Å². The SMILES string of the molecule is O=C(COc1ccc(/C=N\NC(=O)C(=O)Nc2ccc(F)cc2)cc1Cl)Nc1ccccc1. The lowest BCUT2D eigenvalue weighted by molar-refractivity contribution is -0.136. The van der Waals surface area contributed by atoms with Crippen LogP contribution in [0.3, 0.4) is 0 Å². The first-order valence-electron chi connectivity index (χ1n) is 9.58. The van der Waals surface area contributed by atoms with E-state index in [9.17, 15) is 18.8 Å². The second kappa shape index (κ2) is 11.4. The van der Waals surface area contributed by atoms with Gasteiger partial charge in [0.15, 0.2) is 6.61 Å². The second-order valence-corrected chi connectivity index (χ2v) is 6.96. The fraction of sp³-hybridized carbons (Fsp3) is 0.0435. The maximum Gasteiger partial charge on any atom is 0.329 e. The summed E-state index contributed by atoms with van der Waals surface area (Å²) in [6.45, 7) is -0.235. The molecule has 3 rings (SSSR count). The molecule has 0 saturated heterocycles. The number of hydrogen-bond acceptors (Lipinski definition) is 5. The van der Waals surface area contributed by atoms with E-state index in [1.807, 2.05) is 6.07 Å². The van der Waals surface area contributed by atoms with Crippen molar-refractivity contribution in [3.8, 4) is 5.75 Å². The van der Waals surface area contributed by atoms with Crippen molar-refractivity contribution in [3.05, 3.63) is 89.2 Å². The fourth-order valence-electron chi connectivity index (χ4n) is 2.51. The summed E-state index contributed by atoms with van der Waals surface area (Å²) >= 11 is 6.17. The van der Waals surface area contributed by atoms with Crippen molar-refractivity contribution in [1.29, 1.82) is 0 Å². The number of para-hydroxylation sites is 1. The Balaban J connectivity index is 1.47. The number of anilines is 2. The number of nitrogens with one attached hydrogen (secondary N) is 3. The Bertz CT molecular complexity index is 1170. The van der Waals surface area contributed by atoms with E-state index in [-0.39, 0.29) is 23.2 Å². The molecular formula is C23H18ClFN4O4. The lowest BCUT2D eigenvalue weighted by atomic mass is 10.2. The summed E-state index contributed by atoms with van der Waals surface area (Å²) in [5.74, 6) is -2.49. The number of hydrogen-bond donors (Lipinski definition) is 3. The van der Waals surface area contributed by atoms with Crippen LogP contribution in [0.5, 0.6) is 5.75 Å². The van der Waals surface area contributed by atoms with Crippen LogP contribution in [0.4, 0.5) is 15.8 Å². The lowest BCUT2D eigenvalue weighted by Crippen LogP contribution is -2.32. The van der Waals surface area contributed by atoms with Gasteiger partial charge in [0.1, 0.15) is 11.6 Å². The van der Waals surface area contributed by atoms with Gasteiger partial charge in [-0.25, -0.2) is 9.82 Å². The smallest absolute Gasteiger partial charge is 0.329 e. The molecule has 0 unspecified atom stereocenters. The molecule has 0 aliphatic carbocycles. The van der Waals surface area contributed by atoms with Gasteiger partial charge in [-0.1, -0.05) is 29.8 Å². The highest BCUT2D eigenvalue weighted by Gasteiger charge is 2.13. The molecule has 0 saturated carbocycles. The molecule has 33 heavy (non-hydrogen) atoms. The third-order valence-electron chi connectivity index (χ3n) is 4.06. The Hall–Kier alpha value is -4.24. The van der Waals surface area contributed by atoms with Crippen molar-refractivity contribution < 1.29 is 23.5 Å². The van der Waals surface area contributed by atoms with E-state index in [2.05, 4.69) is 21.2 Å². The highest BCUT2D eigenvalue weighted by molar-refractivity contribution is 6.39. The maximum atomic E-state index is 12.9.